The molecule has 10 heteroatoms. The molecular formula is C33H33FN6O3. The van der Waals surface area contributed by atoms with E-state index >= 15 is 0 Å². The average molecular weight is 581 g/mol. The Morgan fingerprint density at radius 3 is 2.56 bits per heavy atom. The number of benzene rings is 2. The third-order valence-corrected chi connectivity index (χ3v) is 9.29. The Bertz CT molecular complexity index is 1810. The van der Waals surface area contributed by atoms with E-state index < -0.39 is 23.4 Å². The SMILES string of the molecule is CC(C)(C)OC(=O)NC1(c2ncc(-c3ccc4nc5n(c4c3)[C@@H]3C[C@H]5NC(=O)c4cccc([C@@H]5C[C@H]5F)c43)cn2)CCC1. The van der Waals surface area contributed by atoms with Crippen molar-refractivity contribution in [3.05, 3.63) is 77.1 Å². The van der Waals surface area contributed by atoms with Crippen molar-refractivity contribution in [2.45, 2.75) is 88.2 Å². The fourth-order valence-corrected chi connectivity index (χ4v) is 7.03. The number of amides is 2. The van der Waals surface area contributed by atoms with Crippen LogP contribution in [0.5, 0.6) is 0 Å². The van der Waals surface area contributed by atoms with Crippen molar-refractivity contribution in [3.63, 3.8) is 0 Å². The summed E-state index contributed by atoms with van der Waals surface area (Å²) in [5.74, 6) is 1.12. The molecule has 2 fully saturated rings. The molecule has 2 aromatic heterocycles. The lowest BCUT2D eigenvalue weighted by Crippen LogP contribution is -2.53. The fraction of sp³-hybridized carbons (Fsp3) is 0.424. The van der Waals surface area contributed by atoms with Gasteiger partial charge in [0.05, 0.1) is 23.1 Å². The van der Waals surface area contributed by atoms with Crippen LogP contribution in [0, 0.1) is 0 Å². The Labute approximate surface area is 248 Å². The zero-order valence-electron chi connectivity index (χ0n) is 24.4. The molecule has 4 aromatic rings. The van der Waals surface area contributed by atoms with Gasteiger partial charge >= 0.3 is 6.09 Å². The van der Waals surface area contributed by atoms with E-state index in [1.807, 2.05) is 51.1 Å². The van der Waals surface area contributed by atoms with Crippen LogP contribution in [0.2, 0.25) is 0 Å². The van der Waals surface area contributed by atoms with E-state index in [0.717, 1.165) is 58.4 Å². The maximum Gasteiger partial charge on any atom is 0.408 e. The number of halogens is 1. The zero-order valence-corrected chi connectivity index (χ0v) is 24.4. The molecule has 0 saturated heterocycles. The Balaban J connectivity index is 1.15. The summed E-state index contributed by atoms with van der Waals surface area (Å²) in [6.45, 7) is 5.52. The minimum atomic E-state index is -0.859. The number of hydrogen-bond donors (Lipinski definition) is 2. The minimum absolute atomic E-state index is 0.116. The summed E-state index contributed by atoms with van der Waals surface area (Å²) >= 11 is 0. The molecule has 0 unspecified atom stereocenters. The van der Waals surface area contributed by atoms with E-state index in [4.69, 9.17) is 19.7 Å². The second-order valence-corrected chi connectivity index (χ2v) is 13.3. The van der Waals surface area contributed by atoms with Crippen molar-refractivity contribution >= 4 is 23.0 Å². The number of fused-ring (bicyclic) bond motifs is 9. The minimum Gasteiger partial charge on any atom is -0.444 e. The van der Waals surface area contributed by atoms with Gasteiger partial charge in [-0.05, 0) is 87.8 Å². The van der Waals surface area contributed by atoms with Crippen molar-refractivity contribution < 1.29 is 18.7 Å². The molecule has 2 bridgehead atoms. The summed E-state index contributed by atoms with van der Waals surface area (Å²) in [7, 11) is 0. The van der Waals surface area contributed by atoms with Crippen LogP contribution in [-0.2, 0) is 10.3 Å². The first-order valence-electron chi connectivity index (χ1n) is 15.0. The molecule has 8 rings (SSSR count). The van der Waals surface area contributed by atoms with Crippen LogP contribution < -0.4 is 10.6 Å². The number of nitrogens with zero attached hydrogens (tertiary/aromatic N) is 4. The van der Waals surface area contributed by atoms with Gasteiger partial charge in [-0.1, -0.05) is 18.2 Å². The van der Waals surface area contributed by atoms with E-state index in [0.29, 0.717) is 24.2 Å². The van der Waals surface area contributed by atoms with Crippen LogP contribution in [0.4, 0.5) is 9.18 Å². The standard InChI is InChI=1S/C33H33FN6O3/c1-32(2,3)43-31(42)39-33(10-5-11-33)30-35-15-18(16-36-30)17-8-9-23-25(12-17)40-26-14-24(28(40)37-23)38-29(41)20-7-4-6-19(27(20)26)21-13-22(21)34/h4,6-9,12,15-16,21-22,24,26H,5,10-11,13-14H2,1-3H3,(H,38,41)(H,39,42)/t21-,22+,24+,26+/m0/s1. The Morgan fingerprint density at radius 1 is 1.12 bits per heavy atom. The fourth-order valence-electron chi connectivity index (χ4n) is 7.03. The first kappa shape index (κ1) is 26.3. The molecule has 2 aliphatic carbocycles. The van der Waals surface area contributed by atoms with Gasteiger partial charge in [-0.25, -0.2) is 24.1 Å². The normalized spacial score (nSPS) is 24.8. The van der Waals surface area contributed by atoms with Crippen LogP contribution in [0.1, 0.15) is 104 Å². The lowest BCUT2D eigenvalue weighted by molar-refractivity contribution is 0.0364. The van der Waals surface area contributed by atoms with Crippen LogP contribution in [0.25, 0.3) is 22.2 Å². The zero-order chi connectivity index (χ0) is 29.7. The van der Waals surface area contributed by atoms with Gasteiger partial charge in [0.1, 0.15) is 23.1 Å². The molecule has 9 nitrogen and oxygen atoms in total. The molecule has 220 valence electrons. The highest BCUT2D eigenvalue weighted by molar-refractivity contribution is 5.97. The quantitative estimate of drug-likeness (QED) is 0.306. The Kier molecular flexibility index (Phi) is 5.55. The molecule has 2 saturated carbocycles. The number of imidazole rings is 1. The third-order valence-electron chi connectivity index (χ3n) is 9.29. The lowest BCUT2D eigenvalue weighted by atomic mass is 9.76. The van der Waals surface area contributed by atoms with Gasteiger partial charge in [0, 0.05) is 29.4 Å². The van der Waals surface area contributed by atoms with Gasteiger partial charge in [-0.2, -0.15) is 0 Å². The Hall–Kier alpha value is -4.34. The summed E-state index contributed by atoms with van der Waals surface area (Å²) in [4.78, 5) is 40.1. The maximum absolute atomic E-state index is 14.3. The van der Waals surface area contributed by atoms with Gasteiger partial charge in [0.15, 0.2) is 5.82 Å². The van der Waals surface area contributed by atoms with Crippen molar-refractivity contribution in [3.8, 4) is 11.1 Å². The first-order chi connectivity index (χ1) is 20.6. The van der Waals surface area contributed by atoms with E-state index in [1.165, 1.54) is 0 Å². The van der Waals surface area contributed by atoms with Gasteiger partial charge in [0.25, 0.3) is 5.91 Å². The van der Waals surface area contributed by atoms with E-state index in [9.17, 15) is 14.0 Å². The molecule has 2 N–H and O–H groups in total. The number of alkyl carbamates (subject to hydrolysis) is 1. The largest absolute Gasteiger partial charge is 0.444 e. The maximum atomic E-state index is 14.3. The predicted octanol–water partition coefficient (Wildman–Crippen LogP) is 6.00. The van der Waals surface area contributed by atoms with Gasteiger partial charge < -0.3 is 19.9 Å². The molecule has 2 aromatic carbocycles. The number of rotatable bonds is 4. The van der Waals surface area contributed by atoms with Crippen LogP contribution in [-0.4, -0.2) is 43.3 Å². The van der Waals surface area contributed by atoms with Crippen molar-refractivity contribution in [2.75, 3.05) is 0 Å². The number of alkyl halides is 1. The highest BCUT2D eigenvalue weighted by Gasteiger charge is 2.47. The monoisotopic (exact) mass is 580 g/mol. The van der Waals surface area contributed by atoms with Gasteiger partial charge in [0.2, 0.25) is 0 Å². The number of hydrogen-bond acceptors (Lipinski definition) is 6. The lowest BCUT2D eigenvalue weighted by Gasteiger charge is -2.41. The molecule has 43 heavy (non-hydrogen) atoms. The summed E-state index contributed by atoms with van der Waals surface area (Å²) < 4.78 is 22.0. The molecule has 4 heterocycles. The van der Waals surface area contributed by atoms with Crippen LogP contribution >= 0.6 is 0 Å². The highest BCUT2D eigenvalue weighted by Crippen LogP contribution is 2.51. The second kappa shape index (κ2) is 9.08. The first-order valence-corrected chi connectivity index (χ1v) is 15.0. The van der Waals surface area contributed by atoms with Crippen molar-refractivity contribution in [2.24, 2.45) is 0 Å². The van der Waals surface area contributed by atoms with E-state index in [-0.39, 0.29) is 23.9 Å². The molecule has 0 spiro atoms. The second-order valence-electron chi connectivity index (χ2n) is 13.3. The number of carbonyl (C=O) groups is 2. The predicted molar refractivity (Wildman–Crippen MR) is 157 cm³/mol. The van der Waals surface area contributed by atoms with Gasteiger partial charge in [-0.3, -0.25) is 4.79 Å². The topological polar surface area (TPSA) is 111 Å². The van der Waals surface area contributed by atoms with Crippen molar-refractivity contribution in [1.82, 2.24) is 30.2 Å². The smallest absolute Gasteiger partial charge is 0.408 e. The summed E-state index contributed by atoms with van der Waals surface area (Å²) in [6.07, 6.45) is 5.95. The number of aromatic nitrogens is 4. The summed E-state index contributed by atoms with van der Waals surface area (Å²) in [5, 5.41) is 6.19. The number of carbonyl (C=O) groups excluding carboxylic acids is 2. The van der Waals surface area contributed by atoms with E-state index in [1.54, 1.807) is 12.4 Å². The molecule has 4 aliphatic rings. The number of nitrogens with one attached hydrogen (secondary N) is 2. The molecule has 0 radical (unpaired) electrons. The molecule has 2 amide bonds. The van der Waals surface area contributed by atoms with Crippen molar-refractivity contribution in [1.29, 1.82) is 0 Å². The Morgan fingerprint density at radius 2 is 1.88 bits per heavy atom. The summed E-state index contributed by atoms with van der Waals surface area (Å²) in [5.41, 5.74) is 4.85. The summed E-state index contributed by atoms with van der Waals surface area (Å²) in [6, 6.07) is 11.4. The third kappa shape index (κ3) is 4.21. The average Bonchev–Trinajstić information content (AvgIpc) is 3.46. The van der Waals surface area contributed by atoms with Crippen LogP contribution in [0.3, 0.4) is 0 Å². The molecular weight excluding hydrogens is 547 g/mol. The van der Waals surface area contributed by atoms with E-state index in [2.05, 4.69) is 21.3 Å². The highest BCUT2D eigenvalue weighted by atomic mass is 19.1. The molecule has 2 aliphatic heterocycles. The molecule has 4 atom stereocenters. The van der Waals surface area contributed by atoms with Crippen LogP contribution in [0.15, 0.2) is 48.8 Å². The van der Waals surface area contributed by atoms with Gasteiger partial charge in [-0.15, -0.1) is 0 Å². The number of ether oxygens (including phenoxy) is 1.